The molecule has 27 heavy (non-hydrogen) atoms. The van der Waals surface area contributed by atoms with Crippen LogP contribution in [0.4, 0.5) is 4.39 Å². The summed E-state index contributed by atoms with van der Waals surface area (Å²) in [6, 6.07) is 18.8. The van der Waals surface area contributed by atoms with Crippen molar-refractivity contribution in [2.24, 2.45) is 17.8 Å². The van der Waals surface area contributed by atoms with Crippen molar-refractivity contribution in [3.63, 3.8) is 0 Å². The van der Waals surface area contributed by atoms with E-state index in [1.165, 1.54) is 4.90 Å². The predicted octanol–water partition coefficient (Wildman–Crippen LogP) is 3.29. The molecule has 5 heteroatoms. The molecule has 0 radical (unpaired) electrons. The molecule has 0 spiro atoms. The van der Waals surface area contributed by atoms with Crippen LogP contribution in [0.3, 0.4) is 0 Å². The summed E-state index contributed by atoms with van der Waals surface area (Å²) < 4.78 is 21.8. The highest BCUT2D eigenvalue weighted by atomic mass is 19.1. The van der Waals surface area contributed by atoms with Gasteiger partial charge in [0.2, 0.25) is 11.8 Å². The van der Waals surface area contributed by atoms with E-state index in [2.05, 4.69) is 0 Å². The molecule has 5 atom stereocenters. The van der Waals surface area contributed by atoms with Crippen molar-refractivity contribution >= 4 is 11.8 Å². The van der Waals surface area contributed by atoms with Crippen LogP contribution >= 0.6 is 0 Å². The monoisotopic (exact) mass is 365 g/mol. The lowest BCUT2D eigenvalue weighted by molar-refractivity contribution is -0.226. The van der Waals surface area contributed by atoms with Gasteiger partial charge in [-0.25, -0.2) is 4.39 Å². The molecule has 0 bridgehead atoms. The minimum Gasteiger partial charge on any atom is -0.373 e. The Morgan fingerprint density at radius 2 is 1.67 bits per heavy atom. The van der Waals surface area contributed by atoms with Crippen LogP contribution < -0.4 is 0 Å². The average Bonchev–Trinajstić information content (AvgIpc) is 2.91. The molecule has 0 unspecified atom stereocenters. The van der Waals surface area contributed by atoms with Crippen LogP contribution in [0.25, 0.3) is 0 Å². The first kappa shape index (κ1) is 16.6. The second kappa shape index (κ2) is 5.99. The Bertz CT molecular complexity index is 887. The molecule has 5 rings (SSSR count). The number of halogens is 1. The number of hydrogen-bond donors (Lipinski definition) is 0. The largest absolute Gasteiger partial charge is 0.373 e. The van der Waals surface area contributed by atoms with Gasteiger partial charge < -0.3 is 4.74 Å². The van der Waals surface area contributed by atoms with Crippen molar-refractivity contribution in [3.05, 3.63) is 71.8 Å². The fourth-order valence-electron chi connectivity index (χ4n) is 5.08. The summed E-state index contributed by atoms with van der Waals surface area (Å²) in [6.07, 6.45) is -0.319. The summed E-state index contributed by atoms with van der Waals surface area (Å²) in [5.41, 5.74) is 0.0680. The Morgan fingerprint density at radius 1 is 1.00 bits per heavy atom. The van der Waals surface area contributed by atoms with Gasteiger partial charge >= 0.3 is 0 Å². The Morgan fingerprint density at radius 3 is 2.37 bits per heavy atom. The topological polar surface area (TPSA) is 46.6 Å². The van der Waals surface area contributed by atoms with Crippen LogP contribution in [0.1, 0.15) is 23.7 Å². The van der Waals surface area contributed by atoms with Crippen molar-refractivity contribution < 1.29 is 18.7 Å². The van der Waals surface area contributed by atoms with Gasteiger partial charge in [-0.2, -0.15) is 0 Å². The molecule has 1 aliphatic carbocycles. The molecule has 3 fully saturated rings. The fraction of sp³-hybridized carbons (Fsp3) is 0.364. The molecule has 2 heterocycles. The van der Waals surface area contributed by atoms with E-state index >= 15 is 4.39 Å². The Kier molecular flexibility index (Phi) is 3.69. The van der Waals surface area contributed by atoms with Gasteiger partial charge in [0, 0.05) is 12.3 Å². The smallest absolute Gasteiger partial charge is 0.236 e. The molecular formula is C22H20FNO3. The number of ether oxygens (including phenoxy) is 1. The number of likely N-dealkylation sites (tertiary alicyclic amines) is 1. The Labute approximate surface area is 156 Å². The summed E-state index contributed by atoms with van der Waals surface area (Å²) >= 11 is 0. The number of carbonyl (C=O) groups is 2. The fourth-order valence-corrected chi connectivity index (χ4v) is 5.08. The van der Waals surface area contributed by atoms with Crippen LogP contribution in [-0.2, 0) is 20.9 Å². The van der Waals surface area contributed by atoms with E-state index in [1.807, 2.05) is 60.7 Å². The zero-order valence-corrected chi connectivity index (χ0v) is 14.8. The first-order valence-corrected chi connectivity index (χ1v) is 9.36. The maximum absolute atomic E-state index is 15.9. The number of nitrogens with zero attached hydrogens (tertiary/aromatic N) is 1. The zero-order valence-electron chi connectivity index (χ0n) is 14.8. The maximum Gasteiger partial charge on any atom is 0.236 e. The SMILES string of the molecule is O=C1[C@H]2[C@@H]3[C@@H](c4ccccc4)OCC[C@]3(F)[C@H]2C(=O)N1Cc1ccccc1. The van der Waals surface area contributed by atoms with Crippen molar-refractivity contribution in [1.82, 2.24) is 4.90 Å². The zero-order chi connectivity index (χ0) is 18.6. The average molecular weight is 365 g/mol. The van der Waals surface area contributed by atoms with Gasteiger partial charge in [-0.05, 0) is 11.1 Å². The number of imide groups is 1. The van der Waals surface area contributed by atoms with Gasteiger partial charge in [-0.1, -0.05) is 60.7 Å². The van der Waals surface area contributed by atoms with Gasteiger partial charge in [0.05, 0.1) is 31.1 Å². The quantitative estimate of drug-likeness (QED) is 0.784. The Hall–Kier alpha value is -2.53. The minimum absolute atomic E-state index is 0.167. The van der Waals surface area contributed by atoms with E-state index in [4.69, 9.17) is 4.74 Å². The third kappa shape index (κ3) is 2.31. The number of benzene rings is 2. The molecule has 3 aliphatic rings. The van der Waals surface area contributed by atoms with Crippen LogP contribution in [0.5, 0.6) is 0 Å². The third-order valence-electron chi connectivity index (χ3n) is 6.32. The van der Waals surface area contributed by atoms with E-state index in [1.54, 1.807) is 0 Å². The summed E-state index contributed by atoms with van der Waals surface area (Å²) in [6.45, 7) is 0.459. The first-order chi connectivity index (χ1) is 13.1. The number of rotatable bonds is 3. The van der Waals surface area contributed by atoms with Crippen molar-refractivity contribution in [2.75, 3.05) is 6.61 Å². The molecule has 0 N–H and O–H groups in total. The lowest BCUT2D eigenvalue weighted by atomic mass is 9.51. The molecular weight excluding hydrogens is 345 g/mol. The first-order valence-electron chi connectivity index (χ1n) is 9.36. The standard InChI is InChI=1S/C22H20FNO3/c23-22-11-12-27-19(15-9-5-2-6-10-15)17(22)16-18(22)21(26)24(20(16)25)13-14-7-3-1-4-8-14/h1-10,16-19H,11-13H2/t16-,17+,18+,19+,22+/m0/s1. The Balaban J connectivity index is 1.47. The van der Waals surface area contributed by atoms with E-state index in [0.29, 0.717) is 0 Å². The second-order valence-corrected chi connectivity index (χ2v) is 7.66. The van der Waals surface area contributed by atoms with Crippen LogP contribution in [0.15, 0.2) is 60.7 Å². The number of hydrogen-bond acceptors (Lipinski definition) is 3. The highest BCUT2D eigenvalue weighted by molar-refractivity contribution is 6.07. The van der Waals surface area contributed by atoms with E-state index in [0.717, 1.165) is 11.1 Å². The van der Waals surface area contributed by atoms with Crippen LogP contribution in [0.2, 0.25) is 0 Å². The van der Waals surface area contributed by atoms with E-state index in [9.17, 15) is 9.59 Å². The molecule has 2 saturated heterocycles. The van der Waals surface area contributed by atoms with Gasteiger partial charge in [-0.3, -0.25) is 14.5 Å². The molecule has 2 aromatic carbocycles. The van der Waals surface area contributed by atoms with Crippen LogP contribution in [-0.4, -0.2) is 29.0 Å². The van der Waals surface area contributed by atoms with E-state index in [-0.39, 0.29) is 31.4 Å². The molecule has 2 aromatic rings. The highest BCUT2D eigenvalue weighted by Crippen LogP contribution is 2.64. The summed E-state index contributed by atoms with van der Waals surface area (Å²) in [7, 11) is 0. The van der Waals surface area contributed by atoms with Crippen molar-refractivity contribution in [3.8, 4) is 0 Å². The molecule has 138 valence electrons. The molecule has 4 nitrogen and oxygen atoms in total. The van der Waals surface area contributed by atoms with Crippen molar-refractivity contribution in [1.29, 1.82) is 0 Å². The second-order valence-electron chi connectivity index (χ2n) is 7.66. The summed E-state index contributed by atoms with van der Waals surface area (Å²) in [5.74, 6) is -2.73. The predicted molar refractivity (Wildman–Crippen MR) is 96.1 cm³/mol. The van der Waals surface area contributed by atoms with Crippen molar-refractivity contribution in [2.45, 2.75) is 24.7 Å². The maximum atomic E-state index is 15.9. The number of alkyl halides is 1. The van der Waals surface area contributed by atoms with Gasteiger partial charge in [0.1, 0.15) is 5.67 Å². The number of carbonyl (C=O) groups excluding carboxylic acids is 2. The molecule has 2 aliphatic heterocycles. The molecule has 0 aromatic heterocycles. The molecule has 1 saturated carbocycles. The summed E-state index contributed by atoms with van der Waals surface area (Å²) in [4.78, 5) is 27.2. The number of fused-ring (bicyclic) bond motifs is 4. The normalized spacial score (nSPS) is 34.8. The van der Waals surface area contributed by atoms with Gasteiger partial charge in [0.25, 0.3) is 0 Å². The van der Waals surface area contributed by atoms with Gasteiger partial charge in [-0.15, -0.1) is 0 Å². The third-order valence-corrected chi connectivity index (χ3v) is 6.32. The minimum atomic E-state index is -1.67. The lowest BCUT2D eigenvalue weighted by Crippen LogP contribution is -2.65. The highest BCUT2D eigenvalue weighted by Gasteiger charge is 2.76. The number of amides is 2. The van der Waals surface area contributed by atoms with E-state index < -0.39 is 29.5 Å². The summed E-state index contributed by atoms with van der Waals surface area (Å²) in [5, 5.41) is 0. The van der Waals surface area contributed by atoms with Crippen LogP contribution in [0, 0.1) is 17.8 Å². The lowest BCUT2D eigenvalue weighted by Gasteiger charge is -2.56. The van der Waals surface area contributed by atoms with Gasteiger partial charge in [0.15, 0.2) is 0 Å². The molecule has 2 amide bonds.